The average Bonchev–Trinajstić information content (AvgIpc) is 3.01. The zero-order valence-corrected chi connectivity index (χ0v) is 27.5. The van der Waals surface area contributed by atoms with Crippen molar-refractivity contribution in [3.05, 3.63) is 59.7 Å². The van der Waals surface area contributed by atoms with E-state index in [1.807, 2.05) is 51.1 Å². The molecule has 10 heteroatoms. The Bertz CT molecular complexity index is 1130. The Morgan fingerprint density at radius 1 is 0.667 bits per heavy atom. The molecule has 10 nitrogen and oxygen atoms in total. The first-order valence-electron chi connectivity index (χ1n) is 16.1. The molecule has 0 bridgehead atoms. The van der Waals surface area contributed by atoms with Crippen molar-refractivity contribution < 1.29 is 38.1 Å². The number of hydrogen-bond acceptors (Lipinski definition) is 8. The standard InChI is InChI=1S/C35H52N2O8/c1-35(2,3)45-34(40)36-20-16-11-9-7-5-6-8-10-12-17-22-42-30-24-29(32(38)41-4)25-31(26-30)43-23-21-37-33(39)44-27-28-18-14-13-15-19-28/h13-15,18-19,24-26H,5-12,16-17,20-23,27H2,1-4H3,(H,36,40)(H,37,39). The van der Waals surface area contributed by atoms with E-state index in [1.165, 1.54) is 39.2 Å². The van der Waals surface area contributed by atoms with Crippen LogP contribution in [0.15, 0.2) is 48.5 Å². The number of amides is 2. The van der Waals surface area contributed by atoms with Gasteiger partial charge in [-0.3, -0.25) is 0 Å². The number of hydrogen-bond donors (Lipinski definition) is 2. The van der Waals surface area contributed by atoms with Crippen molar-refractivity contribution >= 4 is 18.2 Å². The molecule has 0 unspecified atom stereocenters. The van der Waals surface area contributed by atoms with Gasteiger partial charge in [-0.25, -0.2) is 14.4 Å². The summed E-state index contributed by atoms with van der Waals surface area (Å²) in [4.78, 5) is 35.7. The molecule has 0 saturated heterocycles. The molecule has 0 saturated carbocycles. The van der Waals surface area contributed by atoms with E-state index >= 15 is 0 Å². The van der Waals surface area contributed by atoms with Gasteiger partial charge in [0.05, 0.1) is 25.8 Å². The number of nitrogens with one attached hydrogen (secondary N) is 2. The summed E-state index contributed by atoms with van der Waals surface area (Å²) in [6, 6.07) is 14.4. The van der Waals surface area contributed by atoms with Crippen molar-refractivity contribution in [1.82, 2.24) is 10.6 Å². The van der Waals surface area contributed by atoms with Gasteiger partial charge in [0.15, 0.2) is 0 Å². The second-order valence-electron chi connectivity index (χ2n) is 11.8. The lowest BCUT2D eigenvalue weighted by Gasteiger charge is -2.19. The van der Waals surface area contributed by atoms with Crippen LogP contribution >= 0.6 is 0 Å². The molecule has 2 amide bonds. The van der Waals surface area contributed by atoms with Gasteiger partial charge in [0.25, 0.3) is 0 Å². The van der Waals surface area contributed by atoms with Gasteiger partial charge in [-0.15, -0.1) is 0 Å². The lowest BCUT2D eigenvalue weighted by Crippen LogP contribution is -2.32. The molecule has 0 spiro atoms. The molecule has 0 atom stereocenters. The second-order valence-corrected chi connectivity index (χ2v) is 11.8. The van der Waals surface area contributed by atoms with Crippen LogP contribution in [-0.2, 0) is 20.8 Å². The number of rotatable bonds is 21. The molecule has 0 aliphatic rings. The van der Waals surface area contributed by atoms with Crippen molar-refractivity contribution in [1.29, 1.82) is 0 Å². The van der Waals surface area contributed by atoms with Crippen LogP contribution in [0.5, 0.6) is 11.5 Å². The van der Waals surface area contributed by atoms with Crippen LogP contribution in [-0.4, -0.2) is 57.2 Å². The molecule has 2 N–H and O–H groups in total. The maximum Gasteiger partial charge on any atom is 0.407 e. The number of benzene rings is 2. The summed E-state index contributed by atoms with van der Waals surface area (Å²) in [7, 11) is 1.33. The highest BCUT2D eigenvalue weighted by Gasteiger charge is 2.15. The van der Waals surface area contributed by atoms with Crippen molar-refractivity contribution in [2.75, 3.05) is 33.4 Å². The number of esters is 1. The van der Waals surface area contributed by atoms with Gasteiger partial charge in [-0.05, 0) is 51.3 Å². The predicted molar refractivity (Wildman–Crippen MR) is 174 cm³/mol. The Balaban J connectivity index is 1.55. The van der Waals surface area contributed by atoms with Crippen LogP contribution in [0.1, 0.15) is 101 Å². The normalized spacial score (nSPS) is 10.9. The minimum atomic E-state index is -0.531. The fraction of sp³-hybridized carbons (Fsp3) is 0.571. The molecule has 0 radical (unpaired) electrons. The molecule has 250 valence electrons. The Kier molecular flexibility index (Phi) is 18.0. The Labute approximate surface area is 268 Å². The largest absolute Gasteiger partial charge is 0.493 e. The minimum absolute atomic E-state index is 0.189. The third-order valence-electron chi connectivity index (χ3n) is 6.66. The van der Waals surface area contributed by atoms with E-state index in [-0.39, 0.29) is 25.9 Å². The SMILES string of the molecule is COC(=O)c1cc(OCCCCCCCCCCCCNC(=O)OC(C)(C)C)cc(OCCNC(=O)OCc2ccccc2)c1. The number of alkyl carbamates (subject to hydrolysis) is 2. The van der Waals surface area contributed by atoms with Crippen molar-refractivity contribution in [2.45, 2.75) is 97.2 Å². The molecule has 45 heavy (non-hydrogen) atoms. The van der Waals surface area contributed by atoms with Crippen LogP contribution in [0.4, 0.5) is 9.59 Å². The molecule has 0 fully saturated rings. The monoisotopic (exact) mass is 628 g/mol. The molecule has 0 aromatic heterocycles. The highest BCUT2D eigenvalue weighted by Crippen LogP contribution is 2.24. The number of methoxy groups -OCH3 is 1. The molecule has 2 rings (SSSR count). The van der Waals surface area contributed by atoms with Crippen molar-refractivity contribution in [3.63, 3.8) is 0 Å². The van der Waals surface area contributed by atoms with Crippen LogP contribution < -0.4 is 20.1 Å². The highest BCUT2D eigenvalue weighted by atomic mass is 16.6. The summed E-state index contributed by atoms with van der Waals surface area (Å²) < 4.78 is 27.0. The Morgan fingerprint density at radius 3 is 1.82 bits per heavy atom. The first-order valence-corrected chi connectivity index (χ1v) is 16.1. The fourth-order valence-electron chi connectivity index (χ4n) is 4.41. The molecular weight excluding hydrogens is 576 g/mol. The molecule has 0 aliphatic heterocycles. The van der Waals surface area contributed by atoms with E-state index in [1.54, 1.807) is 18.2 Å². The van der Waals surface area contributed by atoms with Crippen molar-refractivity contribution in [2.24, 2.45) is 0 Å². The maximum atomic E-state index is 12.2. The number of carbonyl (C=O) groups is 3. The highest BCUT2D eigenvalue weighted by molar-refractivity contribution is 5.90. The minimum Gasteiger partial charge on any atom is -0.493 e. The van der Waals surface area contributed by atoms with Crippen LogP contribution in [0.25, 0.3) is 0 Å². The molecule has 2 aromatic carbocycles. The topological polar surface area (TPSA) is 121 Å². The summed E-state index contributed by atoms with van der Waals surface area (Å²) in [5.41, 5.74) is 0.777. The zero-order valence-electron chi connectivity index (χ0n) is 27.5. The predicted octanol–water partition coefficient (Wildman–Crippen LogP) is 7.58. The van der Waals surface area contributed by atoms with E-state index in [9.17, 15) is 14.4 Å². The zero-order chi connectivity index (χ0) is 32.8. The average molecular weight is 629 g/mol. The van der Waals surface area contributed by atoms with E-state index in [4.69, 9.17) is 23.7 Å². The lowest BCUT2D eigenvalue weighted by atomic mass is 10.1. The van der Waals surface area contributed by atoms with Gasteiger partial charge in [-0.1, -0.05) is 81.7 Å². The second kappa shape index (κ2) is 21.7. The Morgan fingerprint density at radius 2 is 1.22 bits per heavy atom. The van der Waals surface area contributed by atoms with Gasteiger partial charge in [0.1, 0.15) is 30.3 Å². The summed E-state index contributed by atoms with van der Waals surface area (Å²) in [6.07, 6.45) is 10.4. The smallest absolute Gasteiger partial charge is 0.407 e. The Hall–Kier alpha value is -3.95. The number of ether oxygens (including phenoxy) is 5. The van der Waals surface area contributed by atoms with E-state index in [0.29, 0.717) is 30.2 Å². The molecule has 0 aliphatic carbocycles. The number of unbranched alkanes of at least 4 members (excludes halogenated alkanes) is 9. The summed E-state index contributed by atoms with van der Waals surface area (Å²) in [5.74, 6) is 0.501. The van der Waals surface area contributed by atoms with Crippen LogP contribution in [0.3, 0.4) is 0 Å². The fourth-order valence-corrected chi connectivity index (χ4v) is 4.41. The van der Waals surface area contributed by atoms with Gasteiger partial charge >= 0.3 is 18.2 Å². The van der Waals surface area contributed by atoms with Gasteiger partial charge < -0.3 is 34.3 Å². The first-order chi connectivity index (χ1) is 21.7. The van der Waals surface area contributed by atoms with Crippen molar-refractivity contribution in [3.8, 4) is 11.5 Å². The molecule has 2 aromatic rings. The summed E-state index contributed by atoms with van der Waals surface area (Å²) >= 11 is 0. The van der Waals surface area contributed by atoms with Crippen LogP contribution in [0, 0.1) is 0 Å². The third kappa shape index (κ3) is 18.5. The first kappa shape index (κ1) is 37.2. The maximum absolute atomic E-state index is 12.2. The quantitative estimate of drug-likeness (QED) is 0.0824. The molecule has 0 heterocycles. The van der Waals surface area contributed by atoms with E-state index in [0.717, 1.165) is 37.7 Å². The van der Waals surface area contributed by atoms with E-state index < -0.39 is 17.7 Å². The van der Waals surface area contributed by atoms with Gasteiger partial charge in [-0.2, -0.15) is 0 Å². The molecular formula is C35H52N2O8. The summed E-state index contributed by atoms with van der Waals surface area (Å²) in [6.45, 7) is 7.39. The van der Waals surface area contributed by atoms with E-state index in [2.05, 4.69) is 10.6 Å². The summed E-state index contributed by atoms with van der Waals surface area (Å²) in [5, 5.41) is 5.45. The van der Waals surface area contributed by atoms with Crippen LogP contribution in [0.2, 0.25) is 0 Å². The number of carbonyl (C=O) groups excluding carboxylic acids is 3. The third-order valence-corrected chi connectivity index (χ3v) is 6.66. The van der Waals surface area contributed by atoms with Gasteiger partial charge in [0.2, 0.25) is 0 Å². The van der Waals surface area contributed by atoms with Gasteiger partial charge in [0, 0.05) is 12.6 Å². The lowest BCUT2D eigenvalue weighted by molar-refractivity contribution is 0.0525.